The minimum Gasteiger partial charge on any atom is -0.491 e. The molecule has 6 nitrogen and oxygen atoms in total. The molecule has 0 unspecified atom stereocenters. The number of benzene rings is 1. The second-order valence-electron chi connectivity index (χ2n) is 7.98. The van der Waals surface area contributed by atoms with Gasteiger partial charge in [0.25, 0.3) is 5.91 Å². The summed E-state index contributed by atoms with van der Waals surface area (Å²) in [5.41, 5.74) is 7.81. The van der Waals surface area contributed by atoms with Gasteiger partial charge in [-0.25, -0.2) is 9.37 Å². The molecule has 2 aromatic heterocycles. The lowest BCUT2D eigenvalue weighted by Gasteiger charge is -2.31. The largest absolute Gasteiger partial charge is 0.491 e. The summed E-state index contributed by atoms with van der Waals surface area (Å²) < 4.78 is 38.2. The summed E-state index contributed by atoms with van der Waals surface area (Å²) in [6.45, 7) is 3.42. The van der Waals surface area contributed by atoms with Crippen LogP contribution in [0.1, 0.15) is 42.9 Å². The summed E-state index contributed by atoms with van der Waals surface area (Å²) in [5.74, 6) is -1.01. The van der Waals surface area contributed by atoms with Gasteiger partial charge in [-0.3, -0.25) is 4.79 Å². The third kappa shape index (κ3) is 3.80. The molecule has 3 N–H and O–H groups in total. The number of amides is 1. The Morgan fingerprint density at radius 2 is 2.16 bits per heavy atom. The lowest BCUT2D eigenvalue weighted by Crippen LogP contribution is -2.43. The van der Waals surface area contributed by atoms with Crippen molar-refractivity contribution in [3.05, 3.63) is 46.2 Å². The Kier molecular flexibility index (Phi) is 4.58. The van der Waals surface area contributed by atoms with E-state index in [1.165, 1.54) is 6.07 Å². The molecule has 5 rings (SSSR count). The van der Waals surface area contributed by atoms with Gasteiger partial charge in [-0.15, -0.1) is 11.3 Å². The second kappa shape index (κ2) is 8.00. The monoisotopic (exact) mass is 442 g/mol. The van der Waals surface area contributed by atoms with E-state index < -0.39 is 24.1 Å². The molecule has 0 bridgehead atoms. The Morgan fingerprint density at radius 3 is 2.97 bits per heavy atom. The number of aromatic nitrogens is 1. The lowest BCUT2D eigenvalue weighted by molar-refractivity contribution is 0.0919. The number of anilines is 2. The highest BCUT2D eigenvalue weighted by Crippen LogP contribution is 2.35. The molecule has 3 aromatic rings. The number of aryl methyl sites for hydroxylation is 1. The standard InChI is InChI=1S/C23H25FN4O2S/c1-13-5-6-16-20(25)21(31-23(16)26-13)22(29)27-14-9-17-18(24)10-15(11-19(17)30-12-14)28-7-3-2-4-8-28/h5-6,10-11,14H,2-4,7-9,12,25H2,1H3,(H,27,29)/t14-/m1/s1/i9D2. The predicted molar refractivity (Wildman–Crippen MR) is 122 cm³/mol. The van der Waals surface area contributed by atoms with Crippen molar-refractivity contribution in [2.45, 2.75) is 38.6 Å². The number of nitrogens with zero attached hydrogens (tertiary/aromatic N) is 2. The molecule has 0 saturated carbocycles. The van der Waals surface area contributed by atoms with Gasteiger partial charge in [0.1, 0.15) is 27.9 Å². The van der Waals surface area contributed by atoms with E-state index in [1.54, 1.807) is 6.07 Å². The van der Waals surface area contributed by atoms with Gasteiger partial charge >= 0.3 is 0 Å². The van der Waals surface area contributed by atoms with Crippen molar-refractivity contribution < 1.29 is 16.7 Å². The molecule has 162 valence electrons. The van der Waals surface area contributed by atoms with Gasteiger partial charge in [0.15, 0.2) is 0 Å². The Hall–Kier alpha value is -2.87. The third-order valence-corrected chi connectivity index (χ3v) is 6.84. The summed E-state index contributed by atoms with van der Waals surface area (Å²) in [4.78, 5) is 20.4. The fourth-order valence-electron chi connectivity index (χ4n) is 4.11. The van der Waals surface area contributed by atoms with Crippen LogP contribution in [-0.4, -0.2) is 36.6 Å². The SMILES string of the molecule is [2H]C1([2H])c2c(F)cc(N3CCCCC3)cc2OC[C@@H]1NC(=O)c1sc2nc(C)ccc2c1N. The number of pyridine rings is 1. The van der Waals surface area contributed by atoms with E-state index in [4.69, 9.17) is 13.2 Å². The molecule has 1 saturated heterocycles. The maximum Gasteiger partial charge on any atom is 0.263 e. The van der Waals surface area contributed by atoms with E-state index in [9.17, 15) is 4.79 Å². The number of carbonyl (C=O) groups excluding carboxylic acids is 1. The van der Waals surface area contributed by atoms with Gasteiger partial charge in [-0.1, -0.05) is 0 Å². The number of carbonyl (C=O) groups is 1. The van der Waals surface area contributed by atoms with Gasteiger partial charge in [-0.05, 0) is 44.4 Å². The number of nitrogen functional groups attached to an aromatic ring is 1. The van der Waals surface area contributed by atoms with Crippen LogP contribution in [0.4, 0.5) is 15.8 Å². The van der Waals surface area contributed by atoms with Crippen LogP contribution in [0.15, 0.2) is 24.3 Å². The first-order valence-electron chi connectivity index (χ1n) is 11.4. The Morgan fingerprint density at radius 1 is 1.35 bits per heavy atom. The van der Waals surface area contributed by atoms with Gasteiger partial charge in [0, 0.05) is 50.6 Å². The fourth-order valence-corrected chi connectivity index (χ4v) is 5.15. The van der Waals surface area contributed by atoms with Crippen molar-refractivity contribution in [1.29, 1.82) is 0 Å². The van der Waals surface area contributed by atoms with Crippen molar-refractivity contribution in [1.82, 2.24) is 10.3 Å². The molecule has 0 spiro atoms. The number of hydrogen-bond acceptors (Lipinski definition) is 6. The Bertz CT molecular complexity index is 1240. The Balaban J connectivity index is 1.41. The molecule has 2 aliphatic rings. The molecule has 1 aromatic carbocycles. The number of nitrogens with one attached hydrogen (secondary N) is 1. The number of rotatable bonds is 3. The molecular formula is C23H25FN4O2S. The average molecular weight is 443 g/mol. The first-order chi connectivity index (χ1) is 15.8. The number of fused-ring (bicyclic) bond motifs is 2. The number of ether oxygens (including phenoxy) is 1. The summed E-state index contributed by atoms with van der Waals surface area (Å²) in [6.07, 6.45) is 1.09. The number of thiophene rings is 1. The lowest BCUT2D eigenvalue weighted by atomic mass is 10.0. The van der Waals surface area contributed by atoms with Crippen molar-refractivity contribution >= 4 is 38.8 Å². The van der Waals surface area contributed by atoms with E-state index in [-0.39, 0.29) is 22.8 Å². The van der Waals surface area contributed by atoms with Crippen molar-refractivity contribution in [3.63, 3.8) is 0 Å². The molecule has 2 aliphatic heterocycles. The average Bonchev–Trinajstić information content (AvgIpc) is 3.11. The first kappa shape index (κ1) is 17.8. The van der Waals surface area contributed by atoms with Crippen LogP contribution in [0.2, 0.25) is 0 Å². The van der Waals surface area contributed by atoms with Crippen LogP contribution < -0.4 is 20.7 Å². The van der Waals surface area contributed by atoms with E-state index in [0.717, 1.165) is 49.4 Å². The van der Waals surface area contributed by atoms with Crippen LogP contribution >= 0.6 is 11.3 Å². The molecule has 0 radical (unpaired) electrons. The fraction of sp³-hybridized carbons (Fsp3) is 0.391. The van der Waals surface area contributed by atoms with E-state index >= 15 is 4.39 Å². The minimum atomic E-state index is -2.16. The van der Waals surface area contributed by atoms with Crippen LogP contribution in [0.5, 0.6) is 5.75 Å². The van der Waals surface area contributed by atoms with Crippen LogP contribution in [0, 0.1) is 12.7 Å². The van der Waals surface area contributed by atoms with Gasteiger partial charge in [-0.2, -0.15) is 0 Å². The smallest absolute Gasteiger partial charge is 0.263 e. The number of piperidine rings is 1. The molecule has 8 heteroatoms. The molecule has 0 aliphatic carbocycles. The van der Waals surface area contributed by atoms with Crippen molar-refractivity contribution in [2.75, 3.05) is 30.3 Å². The molecule has 1 fully saturated rings. The zero-order valence-corrected chi connectivity index (χ0v) is 18.0. The maximum atomic E-state index is 15.2. The third-order valence-electron chi connectivity index (χ3n) is 5.73. The summed E-state index contributed by atoms with van der Waals surface area (Å²) in [5, 5.41) is 3.36. The predicted octanol–water partition coefficient (Wildman–Crippen LogP) is 4.05. The Labute approximate surface area is 187 Å². The van der Waals surface area contributed by atoms with E-state index in [1.807, 2.05) is 19.1 Å². The van der Waals surface area contributed by atoms with Gasteiger partial charge < -0.3 is 20.7 Å². The zero-order chi connectivity index (χ0) is 23.3. The highest BCUT2D eigenvalue weighted by Gasteiger charge is 2.27. The van der Waals surface area contributed by atoms with Crippen molar-refractivity contribution in [2.24, 2.45) is 0 Å². The van der Waals surface area contributed by atoms with E-state index in [0.29, 0.717) is 21.6 Å². The quantitative estimate of drug-likeness (QED) is 0.640. The molecule has 4 heterocycles. The van der Waals surface area contributed by atoms with Gasteiger partial charge in [0.05, 0.1) is 11.7 Å². The normalized spacial score (nSPS) is 21.1. The molecular weight excluding hydrogens is 415 g/mol. The second-order valence-corrected chi connectivity index (χ2v) is 8.98. The number of hydrogen-bond donors (Lipinski definition) is 2. The van der Waals surface area contributed by atoms with Crippen LogP contribution in [0.3, 0.4) is 0 Å². The molecule has 31 heavy (non-hydrogen) atoms. The zero-order valence-electron chi connectivity index (χ0n) is 19.2. The van der Waals surface area contributed by atoms with Gasteiger partial charge in [0.2, 0.25) is 0 Å². The molecule has 1 amide bonds. The maximum absolute atomic E-state index is 15.2. The summed E-state index contributed by atoms with van der Waals surface area (Å²) in [6, 6.07) is 5.63. The van der Waals surface area contributed by atoms with Crippen LogP contribution in [-0.2, 0) is 6.37 Å². The van der Waals surface area contributed by atoms with E-state index in [2.05, 4.69) is 15.2 Å². The topological polar surface area (TPSA) is 80.5 Å². The van der Waals surface area contributed by atoms with Crippen LogP contribution in [0.25, 0.3) is 10.2 Å². The highest BCUT2D eigenvalue weighted by molar-refractivity contribution is 7.21. The number of halogens is 1. The summed E-state index contributed by atoms with van der Waals surface area (Å²) in [7, 11) is 0. The summed E-state index contributed by atoms with van der Waals surface area (Å²) >= 11 is 1.15. The number of nitrogens with two attached hydrogens (primary N) is 1. The molecule has 1 atom stereocenters. The highest BCUT2D eigenvalue weighted by atomic mass is 32.1. The minimum absolute atomic E-state index is 0.114. The van der Waals surface area contributed by atoms with Crippen molar-refractivity contribution in [3.8, 4) is 5.75 Å². The first-order valence-corrected chi connectivity index (χ1v) is 11.3.